The largest absolute Gasteiger partial charge is 0.481 e. The third kappa shape index (κ3) is 9.39. The molecule has 0 unspecified atom stereocenters. The number of aliphatic carboxylic acids is 1. The van der Waals surface area contributed by atoms with Gasteiger partial charge < -0.3 is 43.2 Å². The molecule has 0 aromatic heterocycles. The minimum atomic E-state index is -1.32. The van der Waals surface area contributed by atoms with Crippen LogP contribution in [0.5, 0.6) is 0 Å². The average Bonchev–Trinajstić information content (AvgIpc) is 3.04. The van der Waals surface area contributed by atoms with Crippen LogP contribution in [0.3, 0.4) is 0 Å². The molecule has 2 heterocycles. The van der Waals surface area contributed by atoms with Gasteiger partial charge >= 0.3 is 5.97 Å². The highest BCUT2D eigenvalue weighted by Gasteiger charge is 2.33. The van der Waals surface area contributed by atoms with Crippen LogP contribution in [0.15, 0.2) is 4.99 Å². The molecule has 35 heavy (non-hydrogen) atoms. The number of rotatable bonds is 6. The van der Waals surface area contributed by atoms with Crippen molar-refractivity contribution in [1.82, 2.24) is 26.6 Å². The van der Waals surface area contributed by atoms with Crippen LogP contribution in [0.4, 0.5) is 0 Å². The number of hydrogen-bond donors (Lipinski definition) is 8. The van der Waals surface area contributed by atoms with Crippen molar-refractivity contribution < 1.29 is 29.1 Å². The Bertz CT molecular complexity index is 831. The molecule has 10 N–H and O–H groups in total. The standard InChI is InChI=1S/C21H36N8O6/c1-11-12-5-2-3-6-14(27-12)19(34)29-13(7-4-8-24-21(22)23)18(33)25-10-16(30)28-15(9-17(31)32)20(35)26-11/h11-15,27H,2-10H2,1H3,(H,25,33)(H,26,35)(H,28,30)(H,29,34)(H,31,32)(H4,22,23,24)/t11-,12+,13-,14-,15-/m0/s1. The van der Waals surface area contributed by atoms with Gasteiger partial charge in [0, 0.05) is 18.6 Å². The molecule has 2 aliphatic rings. The maximum absolute atomic E-state index is 13.1. The van der Waals surface area contributed by atoms with Crippen LogP contribution in [0.2, 0.25) is 0 Å². The van der Waals surface area contributed by atoms with Crippen molar-refractivity contribution in [3.8, 4) is 0 Å². The van der Waals surface area contributed by atoms with Crippen molar-refractivity contribution in [2.45, 2.75) is 82.1 Å². The van der Waals surface area contributed by atoms with Gasteiger partial charge in [0.15, 0.2) is 5.96 Å². The molecule has 2 bridgehead atoms. The molecule has 4 amide bonds. The van der Waals surface area contributed by atoms with Crippen LogP contribution in [-0.4, -0.2) is 84.0 Å². The molecule has 2 rings (SSSR count). The van der Waals surface area contributed by atoms with Crippen LogP contribution in [0.1, 0.15) is 51.9 Å². The first-order chi connectivity index (χ1) is 16.6. The van der Waals surface area contributed by atoms with E-state index in [2.05, 4.69) is 31.6 Å². The molecule has 2 aliphatic heterocycles. The van der Waals surface area contributed by atoms with E-state index in [9.17, 15) is 29.1 Å². The number of amides is 4. The lowest BCUT2D eigenvalue weighted by Gasteiger charge is -2.29. The topological polar surface area (TPSA) is 230 Å². The first kappa shape index (κ1) is 27.8. The molecule has 0 radical (unpaired) electrons. The van der Waals surface area contributed by atoms with Gasteiger partial charge in [0.25, 0.3) is 0 Å². The number of nitrogens with zero attached hydrogens (tertiary/aromatic N) is 1. The molecule has 0 aliphatic carbocycles. The number of hydrogen-bond acceptors (Lipinski definition) is 7. The van der Waals surface area contributed by atoms with Crippen molar-refractivity contribution in [3.63, 3.8) is 0 Å². The number of nitrogens with one attached hydrogen (secondary N) is 5. The van der Waals surface area contributed by atoms with Crippen LogP contribution in [0, 0.1) is 0 Å². The second-order valence-electron chi connectivity index (χ2n) is 8.85. The third-order valence-corrected chi connectivity index (χ3v) is 6.00. The molecule has 14 nitrogen and oxygen atoms in total. The maximum Gasteiger partial charge on any atom is 0.305 e. The summed E-state index contributed by atoms with van der Waals surface area (Å²) in [6.45, 7) is 1.52. The number of guanidine groups is 1. The fourth-order valence-corrected chi connectivity index (χ4v) is 4.13. The molecule has 14 heteroatoms. The number of nitrogens with two attached hydrogens (primary N) is 2. The summed E-state index contributed by atoms with van der Waals surface area (Å²) < 4.78 is 0. The molecular weight excluding hydrogens is 460 g/mol. The first-order valence-electron chi connectivity index (χ1n) is 11.8. The van der Waals surface area contributed by atoms with Gasteiger partial charge in [-0.25, -0.2) is 0 Å². The smallest absolute Gasteiger partial charge is 0.305 e. The first-order valence-corrected chi connectivity index (χ1v) is 11.8. The lowest BCUT2D eigenvalue weighted by Crippen LogP contribution is -2.58. The Kier molecular flexibility index (Phi) is 10.7. The molecule has 5 atom stereocenters. The zero-order chi connectivity index (χ0) is 26.0. The third-order valence-electron chi connectivity index (χ3n) is 6.00. The van der Waals surface area contributed by atoms with Crippen molar-refractivity contribution >= 4 is 35.6 Å². The summed E-state index contributed by atoms with van der Waals surface area (Å²) in [5.41, 5.74) is 10.7. The van der Waals surface area contributed by atoms with E-state index in [0.29, 0.717) is 19.3 Å². The number of carboxylic acid groups (broad SMARTS) is 1. The lowest BCUT2D eigenvalue weighted by atomic mass is 10.0. The second kappa shape index (κ2) is 13.5. The Hall–Kier alpha value is -3.42. The highest BCUT2D eigenvalue weighted by Crippen LogP contribution is 2.16. The number of carbonyl (C=O) groups is 5. The monoisotopic (exact) mass is 496 g/mol. The molecule has 2 fully saturated rings. The predicted molar refractivity (Wildman–Crippen MR) is 126 cm³/mol. The SMILES string of the molecule is C[C@@H]1NC(=O)[C@H](CC(=O)O)NC(=O)CNC(=O)[C@H](CCCN=C(N)N)NC(=O)[C@@H]2CCCC[C@H]1N2. The van der Waals surface area contributed by atoms with E-state index in [0.717, 1.165) is 12.8 Å². The highest BCUT2D eigenvalue weighted by atomic mass is 16.4. The van der Waals surface area contributed by atoms with Crippen molar-refractivity contribution in [2.24, 2.45) is 16.5 Å². The van der Waals surface area contributed by atoms with E-state index < -0.39 is 60.8 Å². The summed E-state index contributed by atoms with van der Waals surface area (Å²) in [6, 6.07) is -3.55. The molecule has 0 aromatic rings. The van der Waals surface area contributed by atoms with Crippen molar-refractivity contribution in [3.05, 3.63) is 0 Å². The molecule has 2 saturated heterocycles. The summed E-state index contributed by atoms with van der Waals surface area (Å²) in [4.78, 5) is 66.1. The van der Waals surface area contributed by atoms with Gasteiger partial charge in [-0.3, -0.25) is 29.0 Å². The minimum Gasteiger partial charge on any atom is -0.481 e. The molecular formula is C21H36N8O6. The predicted octanol–water partition coefficient (Wildman–Crippen LogP) is -2.98. The van der Waals surface area contributed by atoms with Crippen LogP contribution in [-0.2, 0) is 24.0 Å². The van der Waals surface area contributed by atoms with Gasteiger partial charge in [-0.2, -0.15) is 0 Å². The van der Waals surface area contributed by atoms with E-state index in [1.807, 2.05) is 0 Å². The van der Waals surface area contributed by atoms with Gasteiger partial charge in [-0.05, 0) is 32.6 Å². The lowest BCUT2D eigenvalue weighted by molar-refractivity contribution is -0.141. The highest BCUT2D eigenvalue weighted by molar-refractivity contribution is 5.94. The Balaban J connectivity index is 2.26. The number of fused-ring (bicyclic) bond motifs is 2. The van der Waals surface area contributed by atoms with E-state index >= 15 is 0 Å². The van der Waals surface area contributed by atoms with Crippen LogP contribution < -0.4 is 38.1 Å². The maximum atomic E-state index is 13.1. The van der Waals surface area contributed by atoms with Crippen LogP contribution in [0.25, 0.3) is 0 Å². The normalized spacial score (nSPS) is 28.7. The molecule has 0 saturated carbocycles. The summed E-state index contributed by atoms with van der Waals surface area (Å²) in [5, 5.41) is 22.8. The Morgan fingerprint density at radius 2 is 1.71 bits per heavy atom. The van der Waals surface area contributed by atoms with Gasteiger partial charge in [-0.15, -0.1) is 0 Å². The Morgan fingerprint density at radius 1 is 1.00 bits per heavy atom. The van der Waals surface area contributed by atoms with Gasteiger partial charge in [0.1, 0.15) is 12.1 Å². The zero-order valence-electron chi connectivity index (χ0n) is 19.8. The number of carbonyl (C=O) groups excluding carboxylic acids is 4. The van der Waals surface area contributed by atoms with Crippen LogP contribution >= 0.6 is 0 Å². The number of carboxylic acids is 1. The van der Waals surface area contributed by atoms with E-state index in [-0.39, 0.29) is 30.9 Å². The Labute approximate surface area is 203 Å². The molecule has 196 valence electrons. The molecule has 0 aromatic carbocycles. The van der Waals surface area contributed by atoms with Crippen molar-refractivity contribution in [2.75, 3.05) is 13.1 Å². The fraction of sp³-hybridized carbons (Fsp3) is 0.714. The molecule has 0 spiro atoms. The summed E-state index contributed by atoms with van der Waals surface area (Å²) in [5.74, 6) is -3.69. The van der Waals surface area contributed by atoms with E-state index in [4.69, 9.17) is 11.5 Å². The van der Waals surface area contributed by atoms with Gasteiger partial charge in [-0.1, -0.05) is 12.8 Å². The number of aliphatic imine (C=N–C) groups is 1. The van der Waals surface area contributed by atoms with Gasteiger partial charge in [0.2, 0.25) is 23.6 Å². The fourth-order valence-electron chi connectivity index (χ4n) is 4.13. The van der Waals surface area contributed by atoms with Gasteiger partial charge in [0.05, 0.1) is 19.0 Å². The summed E-state index contributed by atoms with van der Waals surface area (Å²) in [6.07, 6.45) is 2.84. The average molecular weight is 497 g/mol. The van der Waals surface area contributed by atoms with E-state index in [1.165, 1.54) is 0 Å². The quantitative estimate of drug-likeness (QED) is 0.106. The van der Waals surface area contributed by atoms with Crippen molar-refractivity contribution in [1.29, 1.82) is 0 Å². The Morgan fingerprint density at radius 3 is 2.40 bits per heavy atom. The summed E-state index contributed by atoms with van der Waals surface area (Å²) >= 11 is 0. The van der Waals surface area contributed by atoms with E-state index in [1.54, 1.807) is 6.92 Å². The zero-order valence-corrected chi connectivity index (χ0v) is 19.8. The summed E-state index contributed by atoms with van der Waals surface area (Å²) in [7, 11) is 0. The minimum absolute atomic E-state index is 0.0841. The second-order valence-corrected chi connectivity index (χ2v) is 8.85.